The Hall–Kier alpha value is -2.90. The van der Waals surface area contributed by atoms with E-state index in [9.17, 15) is 14.0 Å². The van der Waals surface area contributed by atoms with Crippen LogP contribution >= 0.6 is 22.9 Å². The third kappa shape index (κ3) is 6.26. The van der Waals surface area contributed by atoms with Crippen LogP contribution in [0, 0.1) is 11.7 Å². The van der Waals surface area contributed by atoms with Crippen LogP contribution in [0.15, 0.2) is 60.0 Å². The van der Waals surface area contributed by atoms with Crippen LogP contribution in [0.4, 0.5) is 4.39 Å². The molecule has 2 aromatic carbocycles. The van der Waals surface area contributed by atoms with Crippen LogP contribution < -0.4 is 4.74 Å². The van der Waals surface area contributed by atoms with Crippen LogP contribution in [0.5, 0.6) is 5.75 Å². The Labute approximate surface area is 220 Å². The summed E-state index contributed by atoms with van der Waals surface area (Å²) in [5.41, 5.74) is 1.51. The van der Waals surface area contributed by atoms with Crippen LogP contribution in [-0.2, 0) is 11.2 Å². The second kappa shape index (κ2) is 11.9. The largest absolute Gasteiger partial charge is 0.491 e. The number of halogens is 2. The lowest BCUT2D eigenvalue weighted by Gasteiger charge is -2.37. The second-order valence-corrected chi connectivity index (χ2v) is 10.6. The Morgan fingerprint density at radius 3 is 2.78 bits per heavy atom. The molecule has 2 heterocycles. The number of fused-ring (bicyclic) bond motifs is 1. The molecule has 1 aliphatic rings. The molecule has 3 aromatic rings. The highest BCUT2D eigenvalue weighted by Gasteiger charge is 2.34. The van der Waals surface area contributed by atoms with Crippen molar-refractivity contribution in [3.05, 3.63) is 86.8 Å². The van der Waals surface area contributed by atoms with E-state index in [4.69, 9.17) is 16.3 Å². The predicted octanol–water partition coefficient (Wildman–Crippen LogP) is 6.23. The molecular weight excluding hydrogens is 499 g/mol. The zero-order valence-electron chi connectivity index (χ0n) is 20.5. The van der Waals surface area contributed by atoms with E-state index in [1.165, 1.54) is 17.0 Å². The smallest absolute Gasteiger partial charge is 0.254 e. The first kappa shape index (κ1) is 26.2. The lowest BCUT2D eigenvalue weighted by Crippen LogP contribution is -2.48. The number of nitrogens with zero attached hydrogens (tertiary/aromatic N) is 2. The van der Waals surface area contributed by atoms with E-state index in [1.54, 1.807) is 57.5 Å². The van der Waals surface area contributed by atoms with E-state index >= 15 is 0 Å². The van der Waals surface area contributed by atoms with Crippen molar-refractivity contribution in [1.82, 2.24) is 9.80 Å². The van der Waals surface area contributed by atoms with Gasteiger partial charge in [-0.1, -0.05) is 44.0 Å². The Morgan fingerprint density at radius 2 is 2.03 bits per heavy atom. The molecule has 2 amide bonds. The SMILES string of the molecule is CC[C@H](C)CN(CC(=O)N1CCc2sccc2[C@H]1COc1cccc(F)c1)C(=O)c1cccc(Cl)c1. The first-order valence-corrected chi connectivity index (χ1v) is 13.4. The van der Waals surface area contributed by atoms with Crippen LogP contribution in [0.25, 0.3) is 0 Å². The minimum atomic E-state index is -0.375. The van der Waals surface area contributed by atoms with Crippen molar-refractivity contribution in [3.63, 3.8) is 0 Å². The molecule has 8 heteroatoms. The maximum absolute atomic E-state index is 13.7. The zero-order chi connectivity index (χ0) is 25.7. The number of carbonyl (C=O) groups is 2. The highest BCUT2D eigenvalue weighted by Crippen LogP contribution is 2.34. The van der Waals surface area contributed by atoms with Gasteiger partial charge in [-0.15, -0.1) is 11.3 Å². The minimum Gasteiger partial charge on any atom is -0.491 e. The number of rotatable bonds is 9. The molecule has 0 spiro atoms. The van der Waals surface area contributed by atoms with Gasteiger partial charge in [-0.05, 0) is 59.7 Å². The third-order valence-corrected chi connectivity index (χ3v) is 7.76. The van der Waals surface area contributed by atoms with Gasteiger partial charge in [0.05, 0.1) is 6.04 Å². The Balaban J connectivity index is 1.55. The van der Waals surface area contributed by atoms with Crippen LogP contribution in [0.2, 0.25) is 5.02 Å². The molecule has 0 bridgehead atoms. The normalized spacial score (nSPS) is 15.8. The highest BCUT2D eigenvalue weighted by molar-refractivity contribution is 7.10. The summed E-state index contributed by atoms with van der Waals surface area (Å²) in [6.45, 7) is 5.30. The summed E-state index contributed by atoms with van der Waals surface area (Å²) in [4.78, 5) is 31.7. The molecule has 4 rings (SSSR count). The number of benzene rings is 2. The van der Waals surface area contributed by atoms with Crippen molar-refractivity contribution in [3.8, 4) is 5.75 Å². The standard InChI is InChI=1S/C28H30ClFN2O3S/c1-3-19(2)16-31(28(34)20-6-4-7-21(29)14-20)17-27(33)32-12-10-26-24(11-13-36-26)25(32)18-35-23-9-5-8-22(30)15-23/h4-9,11,13-15,19,25H,3,10,12,16-18H2,1-2H3/t19-,25+/m0/s1. The third-order valence-electron chi connectivity index (χ3n) is 6.53. The van der Waals surface area contributed by atoms with Gasteiger partial charge in [0.1, 0.15) is 24.7 Å². The minimum absolute atomic E-state index is 0.0361. The van der Waals surface area contributed by atoms with Crippen LogP contribution in [-0.4, -0.2) is 47.9 Å². The summed E-state index contributed by atoms with van der Waals surface area (Å²) in [6, 6.07) is 14.5. The molecule has 0 saturated carbocycles. The molecule has 1 aliphatic heterocycles. The molecule has 1 aromatic heterocycles. The lowest BCUT2D eigenvalue weighted by atomic mass is 10.00. The summed E-state index contributed by atoms with van der Waals surface area (Å²) in [5, 5.41) is 2.50. The van der Waals surface area contributed by atoms with Crippen molar-refractivity contribution < 1.29 is 18.7 Å². The predicted molar refractivity (Wildman–Crippen MR) is 141 cm³/mol. The fourth-order valence-electron chi connectivity index (χ4n) is 4.39. The number of ether oxygens (including phenoxy) is 1. The second-order valence-electron chi connectivity index (χ2n) is 9.13. The van der Waals surface area contributed by atoms with Crippen molar-refractivity contribution in [2.75, 3.05) is 26.2 Å². The monoisotopic (exact) mass is 528 g/mol. The van der Waals surface area contributed by atoms with Crippen molar-refractivity contribution in [1.29, 1.82) is 0 Å². The van der Waals surface area contributed by atoms with Gasteiger partial charge < -0.3 is 14.5 Å². The molecule has 0 saturated heterocycles. The first-order chi connectivity index (χ1) is 17.4. The molecule has 0 aliphatic carbocycles. The fraction of sp³-hybridized carbons (Fsp3) is 0.357. The molecule has 0 fully saturated rings. The molecule has 36 heavy (non-hydrogen) atoms. The first-order valence-electron chi connectivity index (χ1n) is 12.1. The number of thiophene rings is 1. The Bertz CT molecular complexity index is 1220. The molecule has 0 unspecified atom stereocenters. The van der Waals surface area contributed by atoms with Gasteiger partial charge in [0.2, 0.25) is 5.91 Å². The van der Waals surface area contributed by atoms with E-state index in [0.29, 0.717) is 29.4 Å². The quantitative estimate of drug-likeness (QED) is 0.330. The van der Waals surface area contributed by atoms with Gasteiger partial charge in [-0.25, -0.2) is 4.39 Å². The molecular formula is C28H30ClFN2O3S. The van der Waals surface area contributed by atoms with Crippen molar-refractivity contribution >= 4 is 34.8 Å². The van der Waals surface area contributed by atoms with Gasteiger partial charge in [0, 0.05) is 34.6 Å². The highest BCUT2D eigenvalue weighted by atomic mass is 35.5. The van der Waals surface area contributed by atoms with Gasteiger partial charge in [-0.3, -0.25) is 9.59 Å². The number of amides is 2. The van der Waals surface area contributed by atoms with Crippen molar-refractivity contribution in [2.45, 2.75) is 32.7 Å². The lowest BCUT2D eigenvalue weighted by molar-refractivity contribution is -0.135. The molecule has 5 nitrogen and oxygen atoms in total. The topological polar surface area (TPSA) is 49.9 Å². The van der Waals surface area contributed by atoms with Gasteiger partial charge in [0.25, 0.3) is 5.91 Å². The van der Waals surface area contributed by atoms with Gasteiger partial charge in [-0.2, -0.15) is 0 Å². The van der Waals surface area contributed by atoms with Gasteiger partial charge in [0.15, 0.2) is 0 Å². The maximum Gasteiger partial charge on any atom is 0.254 e. The van der Waals surface area contributed by atoms with E-state index in [-0.39, 0.29) is 42.7 Å². The zero-order valence-corrected chi connectivity index (χ0v) is 22.0. The van der Waals surface area contributed by atoms with E-state index in [1.807, 2.05) is 11.4 Å². The van der Waals surface area contributed by atoms with E-state index in [0.717, 1.165) is 18.4 Å². The molecule has 0 radical (unpaired) electrons. The van der Waals surface area contributed by atoms with E-state index in [2.05, 4.69) is 13.8 Å². The average Bonchev–Trinajstić information content (AvgIpc) is 3.35. The van der Waals surface area contributed by atoms with Crippen LogP contribution in [0.1, 0.15) is 47.1 Å². The van der Waals surface area contributed by atoms with Crippen LogP contribution in [0.3, 0.4) is 0 Å². The number of hydrogen-bond donors (Lipinski definition) is 0. The average molecular weight is 529 g/mol. The summed E-state index contributed by atoms with van der Waals surface area (Å²) in [7, 11) is 0. The summed E-state index contributed by atoms with van der Waals surface area (Å²) < 4.78 is 19.6. The van der Waals surface area contributed by atoms with E-state index < -0.39 is 0 Å². The Kier molecular flexibility index (Phi) is 8.64. The fourth-order valence-corrected chi connectivity index (χ4v) is 5.51. The molecule has 190 valence electrons. The maximum atomic E-state index is 13.7. The summed E-state index contributed by atoms with van der Waals surface area (Å²) >= 11 is 7.79. The van der Waals surface area contributed by atoms with Crippen molar-refractivity contribution in [2.24, 2.45) is 5.92 Å². The summed E-state index contributed by atoms with van der Waals surface area (Å²) in [6.07, 6.45) is 1.64. The van der Waals surface area contributed by atoms with Gasteiger partial charge >= 0.3 is 0 Å². The Morgan fingerprint density at radius 1 is 1.22 bits per heavy atom. The molecule has 2 atom stereocenters. The summed E-state index contributed by atoms with van der Waals surface area (Å²) in [5.74, 6) is -0.0806. The number of hydrogen-bond acceptors (Lipinski definition) is 4. The molecule has 0 N–H and O–H groups in total. The number of carbonyl (C=O) groups excluding carboxylic acids is 2.